The molecule has 0 aliphatic rings. The van der Waals surface area contributed by atoms with Crippen LogP contribution in [-0.4, -0.2) is 32.7 Å². The minimum Gasteiger partial charge on any atom is -0.489 e. The summed E-state index contributed by atoms with van der Waals surface area (Å²) in [5.41, 5.74) is -2.91. The largest absolute Gasteiger partial charge is 0.489 e. The Balaban J connectivity index is 1.57. The van der Waals surface area contributed by atoms with Gasteiger partial charge in [-0.2, -0.15) is 19.1 Å². The molecule has 1 aromatic heterocycles. The van der Waals surface area contributed by atoms with Crippen LogP contribution in [0.3, 0.4) is 0 Å². The zero-order valence-electron chi connectivity index (χ0n) is 23.7. The lowest BCUT2D eigenvalue weighted by Gasteiger charge is -2.41. The van der Waals surface area contributed by atoms with Gasteiger partial charge in [0.25, 0.3) is 0 Å². The fourth-order valence-corrected chi connectivity index (χ4v) is 4.86. The maximum absolute atomic E-state index is 16.3. The SMILES string of the molecule is N#Cc1ccc(COc2ccc(C#Cc3ccc(C(F)(F)C(CN(N)/C=N\N)(OP(O)O)c4ccc(F)cc4F)nc3)cc2)cc1. The molecule has 0 amide bonds. The van der Waals surface area contributed by atoms with Gasteiger partial charge in [-0.3, -0.25) is 14.5 Å². The highest BCUT2D eigenvalue weighted by atomic mass is 31.2. The molecule has 1 unspecified atom stereocenters. The highest BCUT2D eigenvalue weighted by Gasteiger charge is 2.61. The number of nitriles is 1. The molecule has 0 spiro atoms. The Morgan fingerprint density at radius 2 is 1.61 bits per heavy atom. The van der Waals surface area contributed by atoms with Crippen molar-refractivity contribution in [1.82, 2.24) is 9.99 Å². The van der Waals surface area contributed by atoms with Crippen LogP contribution in [0.1, 0.15) is 33.5 Å². The van der Waals surface area contributed by atoms with Crippen molar-refractivity contribution in [3.63, 3.8) is 0 Å². The molecule has 0 radical (unpaired) electrons. The van der Waals surface area contributed by atoms with Crippen LogP contribution in [0, 0.1) is 34.8 Å². The molecule has 0 bridgehead atoms. The van der Waals surface area contributed by atoms with Gasteiger partial charge in [0.05, 0.1) is 18.2 Å². The first-order chi connectivity index (χ1) is 22.0. The molecule has 0 saturated heterocycles. The second-order valence-electron chi connectivity index (χ2n) is 9.61. The fraction of sp³-hybridized carbons (Fsp3) is 0.129. The van der Waals surface area contributed by atoms with Gasteiger partial charge in [0, 0.05) is 29.0 Å². The number of nitrogens with two attached hydrogens (primary N) is 2. The quantitative estimate of drug-likeness (QED) is 0.0348. The number of pyridine rings is 1. The summed E-state index contributed by atoms with van der Waals surface area (Å²) < 4.78 is 72.1. The van der Waals surface area contributed by atoms with Gasteiger partial charge in [-0.1, -0.05) is 24.0 Å². The third-order valence-corrected chi connectivity index (χ3v) is 6.99. The van der Waals surface area contributed by atoms with E-state index in [1.165, 1.54) is 6.07 Å². The maximum Gasteiger partial charge on any atom is 0.328 e. The van der Waals surface area contributed by atoms with Crippen molar-refractivity contribution in [2.45, 2.75) is 18.1 Å². The van der Waals surface area contributed by atoms with Gasteiger partial charge in [0.1, 0.15) is 36.0 Å². The van der Waals surface area contributed by atoms with Crippen LogP contribution in [0.4, 0.5) is 17.6 Å². The summed E-state index contributed by atoms with van der Waals surface area (Å²) >= 11 is 0. The van der Waals surface area contributed by atoms with Crippen LogP contribution in [0.15, 0.2) is 90.2 Å². The lowest BCUT2D eigenvalue weighted by Crippen LogP contribution is -2.54. The molecule has 0 saturated carbocycles. The molecule has 0 aliphatic heterocycles. The van der Waals surface area contributed by atoms with Crippen molar-refractivity contribution in [2.24, 2.45) is 16.8 Å². The highest BCUT2D eigenvalue weighted by Crippen LogP contribution is 2.53. The van der Waals surface area contributed by atoms with E-state index in [0.717, 1.165) is 17.8 Å². The Kier molecular flexibility index (Phi) is 10.9. The summed E-state index contributed by atoms with van der Waals surface area (Å²) in [6.07, 6.45) is 1.76. The van der Waals surface area contributed by atoms with Crippen LogP contribution >= 0.6 is 8.60 Å². The molecule has 3 aromatic carbocycles. The van der Waals surface area contributed by atoms with Crippen molar-refractivity contribution in [3.05, 3.63) is 130 Å². The molecule has 1 heterocycles. The van der Waals surface area contributed by atoms with E-state index in [0.29, 0.717) is 53.0 Å². The van der Waals surface area contributed by atoms with Gasteiger partial charge in [-0.05, 0) is 66.2 Å². The van der Waals surface area contributed by atoms with Crippen molar-refractivity contribution in [1.29, 1.82) is 5.26 Å². The average Bonchev–Trinajstić information content (AvgIpc) is 3.03. The topological polar surface area (TPSA) is 163 Å². The number of hydrazone groups is 1. The van der Waals surface area contributed by atoms with Gasteiger partial charge in [-0.15, -0.1) is 0 Å². The fourth-order valence-electron chi connectivity index (χ4n) is 4.31. The molecule has 6 N–H and O–H groups in total. The number of halogens is 4. The van der Waals surface area contributed by atoms with E-state index in [1.54, 1.807) is 48.5 Å². The van der Waals surface area contributed by atoms with Crippen LogP contribution in [0.5, 0.6) is 5.75 Å². The Labute approximate surface area is 262 Å². The molecule has 46 heavy (non-hydrogen) atoms. The minimum absolute atomic E-state index is 0.238. The van der Waals surface area contributed by atoms with E-state index in [9.17, 15) is 18.6 Å². The molecule has 15 heteroatoms. The summed E-state index contributed by atoms with van der Waals surface area (Å²) in [4.78, 5) is 23.2. The van der Waals surface area contributed by atoms with Crippen LogP contribution in [0.25, 0.3) is 0 Å². The normalized spacial score (nSPS) is 12.7. The zero-order chi connectivity index (χ0) is 33.3. The first kappa shape index (κ1) is 33.8. The Morgan fingerprint density at radius 1 is 0.957 bits per heavy atom. The number of ether oxygens (including phenoxy) is 1. The van der Waals surface area contributed by atoms with Gasteiger partial charge in [-0.25, -0.2) is 14.6 Å². The van der Waals surface area contributed by atoms with E-state index >= 15 is 8.78 Å². The summed E-state index contributed by atoms with van der Waals surface area (Å²) in [6.45, 7) is -0.832. The summed E-state index contributed by atoms with van der Waals surface area (Å²) in [7, 11) is -3.55. The lowest BCUT2D eigenvalue weighted by atomic mass is 9.84. The number of hydrogen-bond acceptors (Lipinski definition) is 9. The minimum atomic E-state index is -4.31. The number of nitrogens with zero attached hydrogens (tertiary/aromatic N) is 4. The number of hydrogen-bond donors (Lipinski definition) is 4. The van der Waals surface area contributed by atoms with Gasteiger partial charge in [0.2, 0.25) is 0 Å². The zero-order valence-corrected chi connectivity index (χ0v) is 24.6. The third kappa shape index (κ3) is 7.95. The number of aromatic nitrogens is 1. The Morgan fingerprint density at radius 3 is 2.20 bits per heavy atom. The average molecular weight is 653 g/mol. The Bertz CT molecular complexity index is 1780. The third-order valence-electron chi connectivity index (χ3n) is 6.51. The monoisotopic (exact) mass is 652 g/mol. The standard InChI is InChI=1S/C31H25F4N6O4P/c32-25-10-13-27(28(33)15-25)30(45-46(42)43,19-41(38)20-40-37)31(34,35)29-14-9-23(17-39-29)4-1-21-7-11-26(12-8-21)44-18-24-5-2-22(16-36)3-6-24/h2-3,5-15,17,20,42-43H,18-19,37-38H2/b40-20-. The molecular formula is C31H25F4N6O4P. The molecule has 236 valence electrons. The molecule has 10 nitrogen and oxygen atoms in total. The van der Waals surface area contributed by atoms with Gasteiger partial charge < -0.3 is 20.4 Å². The van der Waals surface area contributed by atoms with E-state index < -0.39 is 49.6 Å². The summed E-state index contributed by atoms with van der Waals surface area (Å²) in [5, 5.41) is 12.5. The van der Waals surface area contributed by atoms with Crippen molar-refractivity contribution >= 4 is 14.9 Å². The second-order valence-corrected chi connectivity index (χ2v) is 10.3. The second kappa shape index (κ2) is 14.8. The van der Waals surface area contributed by atoms with E-state index in [-0.39, 0.29) is 5.56 Å². The molecule has 0 aliphatic carbocycles. The maximum atomic E-state index is 16.3. The molecule has 1 atom stereocenters. The van der Waals surface area contributed by atoms with E-state index in [1.807, 2.05) is 0 Å². The predicted molar refractivity (Wildman–Crippen MR) is 160 cm³/mol. The summed E-state index contributed by atoms with van der Waals surface area (Å²) in [5.74, 6) is 10.2. The first-order valence-corrected chi connectivity index (χ1v) is 14.3. The molecule has 4 aromatic rings. The van der Waals surface area contributed by atoms with Crippen molar-refractivity contribution in [2.75, 3.05) is 6.54 Å². The van der Waals surface area contributed by atoms with Crippen molar-refractivity contribution in [3.8, 4) is 23.7 Å². The van der Waals surface area contributed by atoms with Crippen LogP contribution in [0.2, 0.25) is 0 Å². The van der Waals surface area contributed by atoms with Gasteiger partial charge >= 0.3 is 14.5 Å². The van der Waals surface area contributed by atoms with E-state index in [2.05, 4.69) is 28.0 Å². The smallest absolute Gasteiger partial charge is 0.328 e. The number of alkyl halides is 2. The molecular weight excluding hydrogens is 627 g/mol. The molecule has 0 fully saturated rings. The lowest BCUT2D eigenvalue weighted by molar-refractivity contribution is -0.191. The predicted octanol–water partition coefficient (Wildman–Crippen LogP) is 4.50. The van der Waals surface area contributed by atoms with E-state index in [4.69, 9.17) is 26.2 Å². The van der Waals surface area contributed by atoms with Crippen LogP contribution < -0.4 is 16.4 Å². The number of rotatable bonds is 11. The number of hydrazine groups is 1. The number of benzene rings is 3. The molecule has 4 rings (SSSR count). The Hall–Kier alpha value is -5.08. The van der Waals surface area contributed by atoms with Gasteiger partial charge in [0.15, 0.2) is 5.60 Å². The van der Waals surface area contributed by atoms with Crippen molar-refractivity contribution < 1.29 is 36.6 Å². The highest BCUT2D eigenvalue weighted by molar-refractivity contribution is 7.39. The summed E-state index contributed by atoms with van der Waals surface area (Å²) in [6, 6.07) is 19.7. The first-order valence-electron chi connectivity index (χ1n) is 13.1. The van der Waals surface area contributed by atoms with Crippen LogP contribution in [-0.2, 0) is 22.7 Å².